The van der Waals surface area contributed by atoms with Crippen molar-refractivity contribution < 1.29 is 9.84 Å². The molecular formula is C11H19N3O2S. The predicted octanol–water partition coefficient (Wildman–Crippen LogP) is 1.78. The molecule has 1 heterocycles. The average molecular weight is 257 g/mol. The van der Waals surface area contributed by atoms with Crippen LogP contribution in [0.15, 0.2) is 11.4 Å². The minimum Gasteiger partial charge on any atom is -0.490 e. The Morgan fingerprint density at radius 1 is 1.47 bits per heavy atom. The Kier molecular flexibility index (Phi) is 6.73. The maximum absolute atomic E-state index is 8.75. The molecule has 0 bridgehead atoms. The van der Waals surface area contributed by atoms with Gasteiger partial charge in [-0.3, -0.25) is 0 Å². The molecule has 6 heteroatoms. The average Bonchev–Trinajstić information content (AvgIpc) is 2.36. The van der Waals surface area contributed by atoms with Crippen molar-refractivity contribution in [2.24, 2.45) is 0 Å². The van der Waals surface area contributed by atoms with Crippen molar-refractivity contribution in [2.75, 3.05) is 31.3 Å². The first-order chi connectivity index (χ1) is 8.33. The van der Waals surface area contributed by atoms with Crippen LogP contribution in [0.5, 0.6) is 5.75 Å². The van der Waals surface area contributed by atoms with Gasteiger partial charge in [0.2, 0.25) is 0 Å². The highest BCUT2D eigenvalue weighted by Gasteiger charge is 2.11. The second-order valence-electron chi connectivity index (χ2n) is 3.41. The SMILES string of the molecule is CCCNc1ncnc(SCCCO)c1OC. The van der Waals surface area contributed by atoms with E-state index in [9.17, 15) is 0 Å². The molecule has 5 nitrogen and oxygen atoms in total. The molecule has 2 N–H and O–H groups in total. The summed E-state index contributed by atoms with van der Waals surface area (Å²) >= 11 is 1.57. The Morgan fingerprint density at radius 3 is 2.94 bits per heavy atom. The van der Waals surface area contributed by atoms with E-state index in [1.54, 1.807) is 18.9 Å². The van der Waals surface area contributed by atoms with Crippen LogP contribution in [-0.2, 0) is 0 Å². The van der Waals surface area contributed by atoms with Crippen LogP contribution < -0.4 is 10.1 Å². The molecule has 0 radical (unpaired) electrons. The van der Waals surface area contributed by atoms with E-state index in [1.807, 2.05) is 0 Å². The number of hydrogen-bond donors (Lipinski definition) is 2. The van der Waals surface area contributed by atoms with Gasteiger partial charge >= 0.3 is 0 Å². The minimum atomic E-state index is 0.196. The molecule has 0 saturated heterocycles. The number of nitrogens with zero attached hydrogens (tertiary/aromatic N) is 2. The Bertz CT molecular complexity index is 336. The van der Waals surface area contributed by atoms with E-state index in [-0.39, 0.29) is 6.61 Å². The van der Waals surface area contributed by atoms with Crippen molar-refractivity contribution in [1.82, 2.24) is 9.97 Å². The third-order valence-electron chi connectivity index (χ3n) is 2.06. The number of nitrogens with one attached hydrogen (secondary N) is 1. The van der Waals surface area contributed by atoms with Gasteiger partial charge in [-0.25, -0.2) is 9.97 Å². The topological polar surface area (TPSA) is 67.3 Å². The van der Waals surface area contributed by atoms with Crippen LogP contribution in [0.2, 0.25) is 0 Å². The summed E-state index contributed by atoms with van der Waals surface area (Å²) in [6.45, 7) is 3.15. The molecule has 0 fully saturated rings. The summed E-state index contributed by atoms with van der Waals surface area (Å²) in [6.07, 6.45) is 3.30. The first-order valence-electron chi connectivity index (χ1n) is 5.70. The fourth-order valence-electron chi connectivity index (χ4n) is 1.25. The summed E-state index contributed by atoms with van der Waals surface area (Å²) in [5.41, 5.74) is 0. The maximum atomic E-state index is 8.75. The van der Waals surface area contributed by atoms with Gasteiger partial charge in [0.25, 0.3) is 0 Å². The molecule has 0 spiro atoms. The van der Waals surface area contributed by atoms with Crippen LogP contribution >= 0.6 is 11.8 Å². The highest BCUT2D eigenvalue weighted by Crippen LogP contribution is 2.32. The fourth-order valence-corrected chi connectivity index (χ4v) is 2.15. The number of methoxy groups -OCH3 is 1. The molecule has 0 aromatic carbocycles. The molecular weight excluding hydrogens is 238 g/mol. The van der Waals surface area contributed by atoms with E-state index in [0.29, 0.717) is 5.75 Å². The van der Waals surface area contributed by atoms with E-state index in [0.717, 1.165) is 36.0 Å². The van der Waals surface area contributed by atoms with E-state index in [2.05, 4.69) is 22.2 Å². The smallest absolute Gasteiger partial charge is 0.193 e. The lowest BCUT2D eigenvalue weighted by Crippen LogP contribution is -2.05. The lowest BCUT2D eigenvalue weighted by Gasteiger charge is -2.12. The zero-order valence-corrected chi connectivity index (χ0v) is 11.1. The van der Waals surface area contributed by atoms with Crippen molar-refractivity contribution in [2.45, 2.75) is 24.8 Å². The van der Waals surface area contributed by atoms with Gasteiger partial charge in [0.1, 0.15) is 11.4 Å². The van der Waals surface area contributed by atoms with E-state index >= 15 is 0 Å². The van der Waals surface area contributed by atoms with Crippen LogP contribution in [0.4, 0.5) is 5.82 Å². The summed E-state index contributed by atoms with van der Waals surface area (Å²) in [6, 6.07) is 0. The molecule has 17 heavy (non-hydrogen) atoms. The third kappa shape index (κ3) is 4.40. The summed E-state index contributed by atoms with van der Waals surface area (Å²) in [5.74, 6) is 2.23. The summed E-state index contributed by atoms with van der Waals surface area (Å²) in [7, 11) is 1.62. The zero-order valence-electron chi connectivity index (χ0n) is 10.3. The lowest BCUT2D eigenvalue weighted by atomic mass is 10.4. The van der Waals surface area contributed by atoms with Crippen LogP contribution in [0.25, 0.3) is 0 Å². The van der Waals surface area contributed by atoms with Crippen molar-refractivity contribution in [3.63, 3.8) is 0 Å². The third-order valence-corrected chi connectivity index (χ3v) is 3.12. The molecule has 0 aliphatic rings. The first-order valence-corrected chi connectivity index (χ1v) is 6.68. The molecule has 0 atom stereocenters. The lowest BCUT2D eigenvalue weighted by molar-refractivity contribution is 0.296. The second kappa shape index (κ2) is 8.14. The van der Waals surface area contributed by atoms with Crippen LogP contribution in [0.3, 0.4) is 0 Å². The zero-order chi connectivity index (χ0) is 12.5. The van der Waals surface area contributed by atoms with Gasteiger partial charge in [0, 0.05) is 18.9 Å². The predicted molar refractivity (Wildman–Crippen MR) is 69.8 cm³/mol. The number of hydrogen-bond acceptors (Lipinski definition) is 6. The van der Waals surface area contributed by atoms with Gasteiger partial charge in [-0.05, 0) is 12.8 Å². The van der Waals surface area contributed by atoms with Crippen molar-refractivity contribution >= 4 is 17.6 Å². The molecule has 0 amide bonds. The molecule has 1 aromatic heterocycles. The largest absolute Gasteiger partial charge is 0.490 e. The number of ether oxygens (including phenoxy) is 1. The monoisotopic (exact) mass is 257 g/mol. The second-order valence-corrected chi connectivity index (χ2v) is 4.50. The standard InChI is InChI=1S/C11H19N3O2S/c1-3-5-12-10-9(16-2)11(14-8-13-10)17-7-4-6-15/h8,15H,3-7H2,1-2H3,(H,12,13,14). The number of anilines is 1. The number of aromatic nitrogens is 2. The van der Waals surface area contributed by atoms with Crippen molar-refractivity contribution in [3.8, 4) is 5.75 Å². The van der Waals surface area contributed by atoms with E-state index in [1.165, 1.54) is 6.33 Å². The number of thioether (sulfide) groups is 1. The number of rotatable bonds is 8. The quantitative estimate of drug-likeness (QED) is 0.420. The highest BCUT2D eigenvalue weighted by atomic mass is 32.2. The van der Waals surface area contributed by atoms with Gasteiger partial charge in [-0.2, -0.15) is 0 Å². The molecule has 0 saturated carbocycles. The Hall–Kier alpha value is -1.01. The maximum Gasteiger partial charge on any atom is 0.193 e. The van der Waals surface area contributed by atoms with E-state index in [4.69, 9.17) is 9.84 Å². The minimum absolute atomic E-state index is 0.196. The van der Waals surface area contributed by atoms with Gasteiger partial charge in [-0.15, -0.1) is 11.8 Å². The number of aliphatic hydroxyl groups is 1. The van der Waals surface area contributed by atoms with E-state index < -0.39 is 0 Å². The van der Waals surface area contributed by atoms with Crippen LogP contribution in [0, 0.1) is 0 Å². The van der Waals surface area contributed by atoms with Gasteiger partial charge in [0.05, 0.1) is 7.11 Å². The Labute approximate surface area is 106 Å². The van der Waals surface area contributed by atoms with Crippen LogP contribution in [-0.4, -0.2) is 41.1 Å². The molecule has 0 aliphatic heterocycles. The van der Waals surface area contributed by atoms with Crippen molar-refractivity contribution in [3.05, 3.63) is 6.33 Å². The summed E-state index contributed by atoms with van der Waals surface area (Å²) < 4.78 is 5.33. The van der Waals surface area contributed by atoms with Gasteiger partial charge < -0.3 is 15.2 Å². The molecule has 96 valence electrons. The van der Waals surface area contributed by atoms with Crippen LogP contribution in [0.1, 0.15) is 19.8 Å². The summed E-state index contributed by atoms with van der Waals surface area (Å²) in [5, 5.41) is 12.8. The number of aliphatic hydroxyl groups excluding tert-OH is 1. The van der Waals surface area contributed by atoms with Gasteiger partial charge in [-0.1, -0.05) is 6.92 Å². The normalized spacial score (nSPS) is 10.3. The Morgan fingerprint density at radius 2 is 2.29 bits per heavy atom. The molecule has 1 rings (SSSR count). The van der Waals surface area contributed by atoms with Gasteiger partial charge in [0.15, 0.2) is 11.6 Å². The first kappa shape index (κ1) is 14.1. The molecule has 0 unspecified atom stereocenters. The molecule has 0 aliphatic carbocycles. The Balaban J connectivity index is 2.74. The highest BCUT2D eigenvalue weighted by molar-refractivity contribution is 7.99. The molecule has 1 aromatic rings. The fraction of sp³-hybridized carbons (Fsp3) is 0.636. The van der Waals surface area contributed by atoms with Crippen molar-refractivity contribution in [1.29, 1.82) is 0 Å². The summed E-state index contributed by atoms with van der Waals surface area (Å²) in [4.78, 5) is 8.36.